The summed E-state index contributed by atoms with van der Waals surface area (Å²) in [5.74, 6) is 0.542. The number of thiazole rings is 1. The van der Waals surface area contributed by atoms with E-state index in [1.165, 1.54) is 29.7 Å². The van der Waals surface area contributed by atoms with Crippen LogP contribution in [0.1, 0.15) is 17.6 Å². The fourth-order valence-corrected chi connectivity index (χ4v) is 3.38. The molecule has 0 unspecified atom stereocenters. The molecule has 0 saturated carbocycles. The molecule has 2 aromatic rings. The van der Waals surface area contributed by atoms with Gasteiger partial charge in [-0.1, -0.05) is 0 Å². The first kappa shape index (κ1) is 14.9. The summed E-state index contributed by atoms with van der Waals surface area (Å²) in [7, 11) is -3.55. The first-order valence-corrected chi connectivity index (χ1v) is 8.48. The van der Waals surface area contributed by atoms with Crippen molar-refractivity contribution in [3.8, 4) is 0 Å². The second-order valence-electron chi connectivity index (χ2n) is 4.11. The SMILES string of the molecule is CCNc1cc(S(=O)(=O)NCc2nc(C)cs2)ccn1. The average Bonchev–Trinajstić information content (AvgIpc) is 2.83. The lowest BCUT2D eigenvalue weighted by Crippen LogP contribution is -2.23. The van der Waals surface area contributed by atoms with Gasteiger partial charge in [-0.15, -0.1) is 11.3 Å². The first-order valence-electron chi connectivity index (χ1n) is 6.12. The zero-order valence-corrected chi connectivity index (χ0v) is 12.9. The standard InChI is InChI=1S/C12H16N4O2S2/c1-3-13-11-6-10(4-5-14-11)20(17,18)15-7-12-16-9(2)8-19-12/h4-6,8,15H,3,7H2,1-2H3,(H,13,14). The van der Waals surface area contributed by atoms with Gasteiger partial charge in [-0.2, -0.15) is 0 Å². The van der Waals surface area contributed by atoms with Gasteiger partial charge in [0.25, 0.3) is 0 Å². The van der Waals surface area contributed by atoms with E-state index in [1.807, 2.05) is 19.2 Å². The highest BCUT2D eigenvalue weighted by atomic mass is 32.2. The largest absolute Gasteiger partial charge is 0.370 e. The number of nitrogens with one attached hydrogen (secondary N) is 2. The van der Waals surface area contributed by atoms with Gasteiger partial charge in [0.2, 0.25) is 10.0 Å². The number of pyridine rings is 1. The van der Waals surface area contributed by atoms with Crippen molar-refractivity contribution in [1.29, 1.82) is 0 Å². The minimum Gasteiger partial charge on any atom is -0.370 e. The van der Waals surface area contributed by atoms with Gasteiger partial charge in [0, 0.05) is 29.9 Å². The Balaban J connectivity index is 2.11. The van der Waals surface area contributed by atoms with Crippen molar-refractivity contribution in [3.63, 3.8) is 0 Å². The molecule has 0 fully saturated rings. The lowest BCUT2D eigenvalue weighted by Gasteiger charge is -2.07. The fraction of sp³-hybridized carbons (Fsp3) is 0.333. The third-order valence-corrected chi connectivity index (χ3v) is 4.85. The maximum Gasteiger partial charge on any atom is 0.241 e. The van der Waals surface area contributed by atoms with E-state index in [2.05, 4.69) is 20.0 Å². The minimum atomic E-state index is -3.55. The molecule has 0 aliphatic heterocycles. The van der Waals surface area contributed by atoms with Gasteiger partial charge >= 0.3 is 0 Å². The molecule has 0 aromatic carbocycles. The highest BCUT2D eigenvalue weighted by Gasteiger charge is 2.15. The van der Waals surface area contributed by atoms with Crippen LogP contribution in [0.3, 0.4) is 0 Å². The van der Waals surface area contributed by atoms with Gasteiger partial charge in [-0.05, 0) is 19.9 Å². The number of sulfonamides is 1. The van der Waals surface area contributed by atoms with Gasteiger partial charge in [0.1, 0.15) is 10.8 Å². The molecule has 0 saturated heterocycles. The number of anilines is 1. The van der Waals surface area contributed by atoms with Crippen LogP contribution in [0.15, 0.2) is 28.6 Å². The minimum absolute atomic E-state index is 0.191. The Morgan fingerprint density at radius 1 is 1.40 bits per heavy atom. The van der Waals surface area contributed by atoms with E-state index >= 15 is 0 Å². The Kier molecular flexibility index (Phi) is 4.69. The summed E-state index contributed by atoms with van der Waals surface area (Å²) >= 11 is 1.43. The average molecular weight is 312 g/mol. The van der Waals surface area contributed by atoms with Crippen LogP contribution in [0.2, 0.25) is 0 Å². The topological polar surface area (TPSA) is 84.0 Å². The Bertz CT molecular complexity index is 682. The molecule has 2 rings (SSSR count). The summed E-state index contributed by atoms with van der Waals surface area (Å²) in [6.07, 6.45) is 1.47. The summed E-state index contributed by atoms with van der Waals surface area (Å²) < 4.78 is 26.9. The van der Waals surface area contributed by atoms with Crippen molar-refractivity contribution >= 4 is 27.2 Å². The van der Waals surface area contributed by atoms with Crippen molar-refractivity contribution < 1.29 is 8.42 Å². The molecule has 108 valence electrons. The van der Waals surface area contributed by atoms with Gasteiger partial charge in [-0.25, -0.2) is 23.1 Å². The number of aromatic nitrogens is 2. The summed E-state index contributed by atoms with van der Waals surface area (Å²) in [5, 5.41) is 5.61. The van der Waals surface area contributed by atoms with Gasteiger partial charge in [0.15, 0.2) is 0 Å². The van der Waals surface area contributed by atoms with Crippen LogP contribution < -0.4 is 10.0 Å². The molecule has 0 aliphatic carbocycles. The molecule has 0 radical (unpaired) electrons. The molecule has 2 aromatic heterocycles. The molecule has 2 N–H and O–H groups in total. The summed E-state index contributed by atoms with van der Waals surface area (Å²) in [6.45, 7) is 4.67. The molecule has 0 atom stereocenters. The lowest BCUT2D eigenvalue weighted by atomic mass is 10.4. The van der Waals surface area contributed by atoms with E-state index in [0.717, 1.165) is 10.7 Å². The number of hydrogen-bond acceptors (Lipinski definition) is 6. The summed E-state index contributed by atoms with van der Waals surface area (Å²) in [6, 6.07) is 2.98. The third-order valence-electron chi connectivity index (χ3n) is 2.48. The highest BCUT2D eigenvalue weighted by molar-refractivity contribution is 7.89. The van der Waals surface area contributed by atoms with Crippen LogP contribution in [-0.4, -0.2) is 24.9 Å². The van der Waals surface area contributed by atoms with Crippen molar-refractivity contribution in [2.75, 3.05) is 11.9 Å². The van der Waals surface area contributed by atoms with Crippen LogP contribution in [0.5, 0.6) is 0 Å². The molecule has 6 nitrogen and oxygen atoms in total. The van der Waals surface area contributed by atoms with Crippen LogP contribution in [0.4, 0.5) is 5.82 Å². The quantitative estimate of drug-likeness (QED) is 0.849. The van der Waals surface area contributed by atoms with Crippen LogP contribution in [0, 0.1) is 6.92 Å². The van der Waals surface area contributed by atoms with Crippen LogP contribution >= 0.6 is 11.3 Å². The number of rotatable bonds is 6. The second-order valence-corrected chi connectivity index (χ2v) is 6.82. The number of aryl methyl sites for hydroxylation is 1. The highest BCUT2D eigenvalue weighted by Crippen LogP contribution is 2.14. The Hall–Kier alpha value is -1.51. The van der Waals surface area contributed by atoms with Gasteiger partial charge < -0.3 is 5.32 Å². The molecule has 0 aliphatic rings. The number of hydrogen-bond donors (Lipinski definition) is 2. The van der Waals surface area contributed by atoms with E-state index in [9.17, 15) is 8.42 Å². The van der Waals surface area contributed by atoms with Crippen LogP contribution in [0.25, 0.3) is 0 Å². The normalized spacial score (nSPS) is 11.5. The molecule has 0 amide bonds. The third kappa shape index (κ3) is 3.75. The first-order chi connectivity index (χ1) is 9.51. The Morgan fingerprint density at radius 3 is 2.85 bits per heavy atom. The van der Waals surface area contributed by atoms with Crippen molar-refractivity contribution in [3.05, 3.63) is 34.4 Å². The predicted molar refractivity (Wildman–Crippen MR) is 79.3 cm³/mol. The Labute approximate surface area is 122 Å². The van der Waals surface area contributed by atoms with Crippen molar-refractivity contribution in [1.82, 2.24) is 14.7 Å². The van der Waals surface area contributed by atoms with E-state index in [-0.39, 0.29) is 11.4 Å². The molecule has 20 heavy (non-hydrogen) atoms. The molecule has 2 heterocycles. The molecular weight excluding hydrogens is 296 g/mol. The lowest BCUT2D eigenvalue weighted by molar-refractivity contribution is 0.581. The molecule has 0 spiro atoms. The summed E-state index contributed by atoms with van der Waals surface area (Å²) in [4.78, 5) is 8.46. The second kappa shape index (κ2) is 6.29. The smallest absolute Gasteiger partial charge is 0.241 e. The molecule has 0 bridgehead atoms. The molecule has 8 heteroatoms. The van der Waals surface area contributed by atoms with E-state index in [1.54, 1.807) is 0 Å². The maximum atomic E-state index is 12.2. The van der Waals surface area contributed by atoms with E-state index in [4.69, 9.17) is 0 Å². The molecular formula is C12H16N4O2S2. The van der Waals surface area contributed by atoms with Crippen molar-refractivity contribution in [2.45, 2.75) is 25.3 Å². The van der Waals surface area contributed by atoms with Crippen LogP contribution in [-0.2, 0) is 16.6 Å². The zero-order valence-electron chi connectivity index (χ0n) is 11.3. The predicted octanol–water partition coefficient (Wildman–Crippen LogP) is 1.76. The van der Waals surface area contributed by atoms with E-state index in [0.29, 0.717) is 12.4 Å². The maximum absolute atomic E-state index is 12.2. The Morgan fingerprint density at radius 2 is 2.20 bits per heavy atom. The fourth-order valence-electron chi connectivity index (χ4n) is 1.58. The zero-order chi connectivity index (χ0) is 14.6. The van der Waals surface area contributed by atoms with E-state index < -0.39 is 10.0 Å². The monoisotopic (exact) mass is 312 g/mol. The van der Waals surface area contributed by atoms with Crippen molar-refractivity contribution in [2.24, 2.45) is 0 Å². The van der Waals surface area contributed by atoms with Gasteiger partial charge in [-0.3, -0.25) is 0 Å². The number of nitrogens with zero attached hydrogens (tertiary/aromatic N) is 2. The summed E-state index contributed by atoms with van der Waals surface area (Å²) in [5.41, 5.74) is 0.891. The van der Waals surface area contributed by atoms with Gasteiger partial charge in [0.05, 0.1) is 11.4 Å².